The molecule has 2 aromatic heterocycles. The third-order valence-corrected chi connectivity index (χ3v) is 5.17. The summed E-state index contributed by atoms with van der Waals surface area (Å²) in [6.07, 6.45) is 0.182. The Morgan fingerprint density at radius 1 is 1.48 bits per heavy atom. The average molecular weight is 324 g/mol. The molecule has 1 atom stereocenters. The summed E-state index contributed by atoms with van der Waals surface area (Å²) in [5.74, 6) is 0.253. The van der Waals surface area contributed by atoms with Crippen molar-refractivity contribution in [1.29, 1.82) is 0 Å². The Hall–Kier alpha value is -1.24. The van der Waals surface area contributed by atoms with Crippen molar-refractivity contribution in [2.24, 2.45) is 5.92 Å². The van der Waals surface area contributed by atoms with E-state index in [2.05, 4.69) is 10.3 Å². The molecule has 0 aromatic carbocycles. The monoisotopic (exact) mass is 324 g/mol. The Labute approximate surface area is 132 Å². The molecule has 6 heteroatoms. The number of amides is 1. The molecule has 0 fully saturated rings. The zero-order valence-corrected chi connectivity index (χ0v) is 14.1. The molecular weight excluding hydrogens is 304 g/mol. The molecule has 2 N–H and O–H groups in total. The number of nitrogens with one attached hydrogen (secondary N) is 1. The summed E-state index contributed by atoms with van der Waals surface area (Å²) in [6, 6.07) is 3.97. The lowest BCUT2D eigenvalue weighted by Gasteiger charge is -2.13. The molecular formula is C15H20N2O2S2. The van der Waals surface area contributed by atoms with E-state index in [4.69, 9.17) is 0 Å². The van der Waals surface area contributed by atoms with Crippen molar-refractivity contribution in [3.05, 3.63) is 28.1 Å². The van der Waals surface area contributed by atoms with E-state index in [1.54, 1.807) is 11.3 Å². The van der Waals surface area contributed by atoms with E-state index in [1.807, 2.05) is 38.3 Å². The van der Waals surface area contributed by atoms with Crippen LogP contribution in [0.15, 0.2) is 17.5 Å². The first kappa shape index (κ1) is 16.1. The highest BCUT2D eigenvalue weighted by Crippen LogP contribution is 2.30. The Morgan fingerprint density at radius 3 is 2.86 bits per heavy atom. The van der Waals surface area contributed by atoms with E-state index in [-0.39, 0.29) is 12.5 Å². The molecule has 0 saturated heterocycles. The lowest BCUT2D eigenvalue weighted by Crippen LogP contribution is -2.32. The van der Waals surface area contributed by atoms with Crippen molar-refractivity contribution < 1.29 is 9.90 Å². The van der Waals surface area contributed by atoms with Crippen LogP contribution in [0.4, 0.5) is 0 Å². The number of aliphatic hydroxyl groups is 1. The average Bonchev–Trinajstić information content (AvgIpc) is 3.04. The number of rotatable bonds is 6. The summed E-state index contributed by atoms with van der Waals surface area (Å²) < 4.78 is 0. The van der Waals surface area contributed by atoms with Gasteiger partial charge in [0.2, 0.25) is 0 Å². The number of nitrogens with zero attached hydrogens (tertiary/aromatic N) is 1. The molecule has 0 spiro atoms. The Bertz CT molecular complexity index is 591. The molecule has 1 amide bonds. The fraction of sp³-hybridized carbons (Fsp3) is 0.467. The summed E-state index contributed by atoms with van der Waals surface area (Å²) in [5, 5.41) is 15.5. The maximum Gasteiger partial charge on any atom is 0.263 e. The van der Waals surface area contributed by atoms with Crippen LogP contribution in [0.1, 0.15) is 35.6 Å². The van der Waals surface area contributed by atoms with Gasteiger partial charge in [-0.05, 0) is 30.7 Å². The third kappa shape index (κ3) is 4.36. The van der Waals surface area contributed by atoms with Crippen LogP contribution in [0.3, 0.4) is 0 Å². The van der Waals surface area contributed by atoms with Crippen LogP contribution >= 0.6 is 22.7 Å². The summed E-state index contributed by atoms with van der Waals surface area (Å²) in [7, 11) is 0. The highest BCUT2D eigenvalue weighted by atomic mass is 32.1. The summed E-state index contributed by atoms with van der Waals surface area (Å²) >= 11 is 3.01. The van der Waals surface area contributed by atoms with E-state index in [1.165, 1.54) is 11.3 Å². The fourth-order valence-electron chi connectivity index (χ4n) is 2.03. The molecule has 0 aliphatic carbocycles. The Morgan fingerprint density at radius 2 is 2.24 bits per heavy atom. The minimum absolute atomic E-state index is 0.157. The molecule has 1 unspecified atom stereocenters. The molecule has 4 nitrogen and oxygen atoms in total. The van der Waals surface area contributed by atoms with Crippen molar-refractivity contribution >= 4 is 28.6 Å². The minimum Gasteiger partial charge on any atom is -0.391 e. The quantitative estimate of drug-likeness (QED) is 0.857. The Kier molecular flexibility index (Phi) is 5.50. The van der Waals surface area contributed by atoms with Crippen LogP contribution in [-0.4, -0.2) is 28.6 Å². The van der Waals surface area contributed by atoms with Crippen molar-refractivity contribution in [2.45, 2.75) is 33.3 Å². The van der Waals surface area contributed by atoms with Gasteiger partial charge in [-0.2, -0.15) is 0 Å². The molecule has 0 aliphatic heterocycles. The smallest absolute Gasteiger partial charge is 0.263 e. The molecule has 0 aliphatic rings. The second kappa shape index (κ2) is 7.15. The number of carbonyl (C=O) groups excluding carboxylic acids is 1. The number of thiophene rings is 1. The van der Waals surface area contributed by atoms with Gasteiger partial charge >= 0.3 is 0 Å². The van der Waals surface area contributed by atoms with Crippen LogP contribution in [0, 0.1) is 12.8 Å². The largest absolute Gasteiger partial charge is 0.391 e. The lowest BCUT2D eigenvalue weighted by molar-refractivity contribution is 0.0903. The molecule has 0 saturated carbocycles. The van der Waals surface area contributed by atoms with Gasteiger partial charge in [0.15, 0.2) is 0 Å². The fourth-order valence-corrected chi connectivity index (χ4v) is 3.81. The van der Waals surface area contributed by atoms with E-state index >= 15 is 0 Å². The molecule has 2 heterocycles. The minimum atomic E-state index is -0.501. The van der Waals surface area contributed by atoms with Crippen LogP contribution < -0.4 is 5.32 Å². The zero-order chi connectivity index (χ0) is 15.4. The predicted octanol–water partition coefficient (Wildman–Crippen LogP) is 3.32. The molecule has 2 rings (SSSR count). The summed E-state index contributed by atoms with van der Waals surface area (Å²) in [5.41, 5.74) is 0.735. The molecule has 21 heavy (non-hydrogen) atoms. The van der Waals surface area contributed by atoms with E-state index in [0.29, 0.717) is 17.2 Å². The van der Waals surface area contributed by atoms with Gasteiger partial charge in [-0.25, -0.2) is 4.98 Å². The highest BCUT2D eigenvalue weighted by Gasteiger charge is 2.17. The number of aromatic nitrogens is 1. The van der Waals surface area contributed by atoms with Gasteiger partial charge in [-0.1, -0.05) is 19.9 Å². The van der Waals surface area contributed by atoms with Crippen LogP contribution in [0.25, 0.3) is 9.88 Å². The van der Waals surface area contributed by atoms with Gasteiger partial charge in [0.25, 0.3) is 5.91 Å². The van der Waals surface area contributed by atoms with Crippen LogP contribution in [0.5, 0.6) is 0 Å². The highest BCUT2D eigenvalue weighted by molar-refractivity contribution is 7.22. The van der Waals surface area contributed by atoms with Crippen molar-refractivity contribution in [3.63, 3.8) is 0 Å². The van der Waals surface area contributed by atoms with E-state index in [0.717, 1.165) is 15.6 Å². The normalized spacial score (nSPS) is 12.6. The maximum absolute atomic E-state index is 12.2. The van der Waals surface area contributed by atoms with Gasteiger partial charge < -0.3 is 10.4 Å². The van der Waals surface area contributed by atoms with E-state index < -0.39 is 6.10 Å². The zero-order valence-electron chi connectivity index (χ0n) is 12.4. The third-order valence-electron chi connectivity index (χ3n) is 2.98. The Balaban J connectivity index is 2.00. The van der Waals surface area contributed by atoms with Crippen molar-refractivity contribution in [2.75, 3.05) is 6.54 Å². The van der Waals surface area contributed by atoms with Gasteiger partial charge in [-0.3, -0.25) is 4.79 Å². The molecule has 0 bridgehead atoms. The topological polar surface area (TPSA) is 62.2 Å². The van der Waals surface area contributed by atoms with Crippen molar-refractivity contribution in [3.8, 4) is 9.88 Å². The first-order valence-electron chi connectivity index (χ1n) is 6.95. The summed E-state index contributed by atoms with van der Waals surface area (Å²) in [6.45, 7) is 6.22. The molecule has 0 radical (unpaired) electrons. The summed E-state index contributed by atoms with van der Waals surface area (Å²) in [4.78, 5) is 18.3. The van der Waals surface area contributed by atoms with Gasteiger partial charge in [-0.15, -0.1) is 22.7 Å². The number of carbonyl (C=O) groups is 1. The van der Waals surface area contributed by atoms with E-state index in [9.17, 15) is 9.90 Å². The SMILES string of the molecule is Cc1nc(-c2cccs2)sc1C(=O)NCC(O)CC(C)C. The second-order valence-electron chi connectivity index (χ2n) is 5.40. The number of aliphatic hydroxyl groups excluding tert-OH is 1. The standard InChI is InChI=1S/C15H20N2O2S2/c1-9(2)7-11(18)8-16-14(19)13-10(3)17-15(21-13)12-5-4-6-20-12/h4-6,9,11,18H,7-8H2,1-3H3,(H,16,19). The maximum atomic E-state index is 12.2. The first-order chi connectivity index (χ1) is 9.97. The van der Waals surface area contributed by atoms with Crippen LogP contribution in [0.2, 0.25) is 0 Å². The number of aryl methyl sites for hydroxylation is 1. The first-order valence-corrected chi connectivity index (χ1v) is 8.64. The number of hydrogen-bond acceptors (Lipinski definition) is 5. The van der Waals surface area contributed by atoms with Crippen LogP contribution in [-0.2, 0) is 0 Å². The molecule has 2 aromatic rings. The van der Waals surface area contributed by atoms with Gasteiger partial charge in [0.05, 0.1) is 16.7 Å². The predicted molar refractivity (Wildman–Crippen MR) is 88.0 cm³/mol. The van der Waals surface area contributed by atoms with Crippen molar-refractivity contribution in [1.82, 2.24) is 10.3 Å². The lowest BCUT2D eigenvalue weighted by atomic mass is 10.1. The second-order valence-corrected chi connectivity index (χ2v) is 7.35. The van der Waals surface area contributed by atoms with Gasteiger partial charge in [0, 0.05) is 6.54 Å². The number of hydrogen-bond donors (Lipinski definition) is 2. The molecule has 114 valence electrons. The number of thiazole rings is 1. The van der Waals surface area contributed by atoms with Gasteiger partial charge in [0.1, 0.15) is 9.88 Å².